The summed E-state index contributed by atoms with van der Waals surface area (Å²) in [5, 5.41) is 2.83. The van der Waals surface area contributed by atoms with Crippen molar-refractivity contribution in [2.75, 3.05) is 5.75 Å². The lowest BCUT2D eigenvalue weighted by atomic mass is 9.95. The van der Waals surface area contributed by atoms with Gasteiger partial charge in [0.2, 0.25) is 5.91 Å². The number of carbonyl (C=O) groups excluding carboxylic acids is 1. The Labute approximate surface area is 128 Å². The van der Waals surface area contributed by atoms with Crippen LogP contribution in [0.4, 0.5) is 0 Å². The van der Waals surface area contributed by atoms with Crippen LogP contribution in [0.3, 0.4) is 0 Å². The summed E-state index contributed by atoms with van der Waals surface area (Å²) in [6.07, 6.45) is 5.30. The maximum Gasteiger partial charge on any atom is 0.235 e. The van der Waals surface area contributed by atoms with Gasteiger partial charge in [-0.05, 0) is 37.1 Å². The lowest BCUT2D eigenvalue weighted by molar-refractivity contribution is -0.119. The maximum atomic E-state index is 12.1. The molecule has 0 aliphatic heterocycles. The van der Waals surface area contributed by atoms with E-state index in [1.807, 2.05) is 0 Å². The molecule has 1 aromatic carbocycles. The van der Waals surface area contributed by atoms with Crippen LogP contribution in [0, 0.1) is 0 Å². The van der Waals surface area contributed by atoms with Gasteiger partial charge in [-0.15, -0.1) is 0 Å². The Morgan fingerprint density at radius 2 is 1.75 bits per heavy atom. The van der Waals surface area contributed by atoms with E-state index in [2.05, 4.69) is 21.2 Å². The molecule has 4 nitrogen and oxygen atoms in total. The molecule has 0 radical (unpaired) electrons. The van der Waals surface area contributed by atoms with Crippen LogP contribution in [0.15, 0.2) is 33.6 Å². The SMILES string of the molecule is O=C(CS(=O)(=O)c1ccc(Br)cc1)NC1CCCCC1. The summed E-state index contributed by atoms with van der Waals surface area (Å²) in [5.74, 6) is -0.884. The van der Waals surface area contributed by atoms with Crippen molar-refractivity contribution in [2.45, 2.75) is 43.0 Å². The van der Waals surface area contributed by atoms with E-state index < -0.39 is 21.5 Å². The van der Waals surface area contributed by atoms with Gasteiger partial charge in [0, 0.05) is 10.5 Å². The van der Waals surface area contributed by atoms with E-state index in [1.165, 1.54) is 18.6 Å². The third-order valence-corrected chi connectivity index (χ3v) is 5.63. The quantitative estimate of drug-likeness (QED) is 0.898. The van der Waals surface area contributed by atoms with Gasteiger partial charge in [0.05, 0.1) is 4.90 Å². The fourth-order valence-corrected chi connectivity index (χ4v) is 3.82. The molecule has 1 aliphatic carbocycles. The van der Waals surface area contributed by atoms with E-state index in [0.29, 0.717) is 0 Å². The molecule has 1 saturated carbocycles. The molecule has 1 aliphatic rings. The highest BCUT2D eigenvalue weighted by Gasteiger charge is 2.22. The zero-order valence-corrected chi connectivity index (χ0v) is 13.5. The van der Waals surface area contributed by atoms with Crippen molar-refractivity contribution >= 4 is 31.7 Å². The smallest absolute Gasteiger partial charge is 0.235 e. The Bertz CT molecular complexity index is 563. The second-order valence-corrected chi connectivity index (χ2v) is 8.02. The molecule has 0 spiro atoms. The summed E-state index contributed by atoms with van der Waals surface area (Å²) in [6, 6.07) is 6.47. The van der Waals surface area contributed by atoms with Crippen molar-refractivity contribution in [1.82, 2.24) is 5.32 Å². The molecule has 0 bridgehead atoms. The van der Waals surface area contributed by atoms with Crippen molar-refractivity contribution in [3.8, 4) is 0 Å². The molecule has 2 rings (SSSR count). The summed E-state index contributed by atoms with van der Waals surface area (Å²) in [5.41, 5.74) is 0. The highest BCUT2D eigenvalue weighted by atomic mass is 79.9. The first-order valence-electron chi connectivity index (χ1n) is 6.75. The Morgan fingerprint density at radius 1 is 1.15 bits per heavy atom. The van der Waals surface area contributed by atoms with Gasteiger partial charge in [0.25, 0.3) is 0 Å². The lowest BCUT2D eigenvalue weighted by Gasteiger charge is -2.22. The Kier molecular flexibility index (Phi) is 5.21. The summed E-state index contributed by atoms with van der Waals surface area (Å²) in [7, 11) is -3.56. The number of halogens is 1. The molecule has 0 aromatic heterocycles. The number of hydrogen-bond donors (Lipinski definition) is 1. The predicted molar refractivity (Wildman–Crippen MR) is 81.2 cm³/mol. The first kappa shape index (κ1) is 15.5. The van der Waals surface area contributed by atoms with Gasteiger partial charge in [-0.2, -0.15) is 0 Å². The van der Waals surface area contributed by atoms with E-state index >= 15 is 0 Å². The number of amides is 1. The molecule has 6 heteroatoms. The first-order valence-corrected chi connectivity index (χ1v) is 9.19. The van der Waals surface area contributed by atoms with E-state index in [4.69, 9.17) is 0 Å². The van der Waals surface area contributed by atoms with Crippen LogP contribution in [0.1, 0.15) is 32.1 Å². The Hall–Kier alpha value is -0.880. The monoisotopic (exact) mass is 359 g/mol. The van der Waals surface area contributed by atoms with Crippen LogP contribution < -0.4 is 5.32 Å². The van der Waals surface area contributed by atoms with E-state index in [1.54, 1.807) is 12.1 Å². The molecular formula is C14H18BrNO3S. The normalized spacial score (nSPS) is 16.9. The van der Waals surface area contributed by atoms with Crippen LogP contribution in [-0.4, -0.2) is 26.1 Å². The zero-order valence-electron chi connectivity index (χ0n) is 11.1. The van der Waals surface area contributed by atoms with Crippen molar-refractivity contribution in [3.63, 3.8) is 0 Å². The molecule has 1 fully saturated rings. The third kappa shape index (κ3) is 4.31. The lowest BCUT2D eigenvalue weighted by Crippen LogP contribution is -2.39. The molecule has 0 atom stereocenters. The minimum Gasteiger partial charge on any atom is -0.352 e. The second kappa shape index (κ2) is 6.72. The van der Waals surface area contributed by atoms with Crippen LogP contribution in [0.5, 0.6) is 0 Å². The highest BCUT2D eigenvalue weighted by Crippen LogP contribution is 2.18. The minimum absolute atomic E-state index is 0.136. The molecule has 20 heavy (non-hydrogen) atoms. The molecule has 1 amide bonds. The van der Waals surface area contributed by atoms with Crippen molar-refractivity contribution in [2.24, 2.45) is 0 Å². The first-order chi connectivity index (χ1) is 9.47. The maximum absolute atomic E-state index is 12.1. The van der Waals surface area contributed by atoms with E-state index in [0.717, 1.165) is 30.2 Å². The van der Waals surface area contributed by atoms with E-state index in [-0.39, 0.29) is 10.9 Å². The average molecular weight is 360 g/mol. The van der Waals surface area contributed by atoms with Gasteiger partial charge in [0.15, 0.2) is 9.84 Å². The molecule has 0 saturated heterocycles. The molecule has 0 heterocycles. The number of carbonyl (C=O) groups is 1. The van der Waals surface area contributed by atoms with Gasteiger partial charge in [-0.25, -0.2) is 8.42 Å². The Balaban J connectivity index is 1.97. The van der Waals surface area contributed by atoms with Crippen LogP contribution in [0.25, 0.3) is 0 Å². The number of benzene rings is 1. The highest BCUT2D eigenvalue weighted by molar-refractivity contribution is 9.10. The average Bonchev–Trinajstić information content (AvgIpc) is 2.39. The van der Waals surface area contributed by atoms with E-state index in [9.17, 15) is 13.2 Å². The van der Waals surface area contributed by atoms with Crippen LogP contribution in [-0.2, 0) is 14.6 Å². The largest absolute Gasteiger partial charge is 0.352 e. The summed E-state index contributed by atoms with van der Waals surface area (Å²) in [6.45, 7) is 0. The van der Waals surface area contributed by atoms with Gasteiger partial charge in [0.1, 0.15) is 5.75 Å². The van der Waals surface area contributed by atoms with Crippen molar-refractivity contribution in [3.05, 3.63) is 28.7 Å². The summed E-state index contributed by atoms with van der Waals surface area (Å²) >= 11 is 3.25. The van der Waals surface area contributed by atoms with Gasteiger partial charge < -0.3 is 5.32 Å². The topological polar surface area (TPSA) is 63.2 Å². The third-order valence-electron chi connectivity index (χ3n) is 3.46. The second-order valence-electron chi connectivity index (χ2n) is 5.12. The number of nitrogens with one attached hydrogen (secondary N) is 1. The van der Waals surface area contributed by atoms with Crippen LogP contribution in [0.2, 0.25) is 0 Å². The molecule has 110 valence electrons. The summed E-state index contributed by atoms with van der Waals surface area (Å²) in [4.78, 5) is 12.0. The fourth-order valence-electron chi connectivity index (χ4n) is 2.41. The molecule has 0 unspecified atom stereocenters. The number of rotatable bonds is 4. The van der Waals surface area contributed by atoms with Crippen molar-refractivity contribution < 1.29 is 13.2 Å². The summed E-state index contributed by atoms with van der Waals surface area (Å²) < 4.78 is 25.0. The number of sulfone groups is 1. The molecule has 1 N–H and O–H groups in total. The fraction of sp³-hybridized carbons (Fsp3) is 0.500. The predicted octanol–water partition coefficient (Wildman–Crippen LogP) is 2.67. The standard InChI is InChI=1S/C14H18BrNO3S/c15-11-6-8-13(9-7-11)20(18,19)10-14(17)16-12-4-2-1-3-5-12/h6-9,12H,1-5,10H2,(H,16,17). The van der Waals surface area contributed by atoms with Gasteiger partial charge in [-0.3, -0.25) is 4.79 Å². The number of hydrogen-bond acceptors (Lipinski definition) is 3. The van der Waals surface area contributed by atoms with Crippen molar-refractivity contribution in [1.29, 1.82) is 0 Å². The Morgan fingerprint density at radius 3 is 2.35 bits per heavy atom. The molecule has 1 aromatic rings. The van der Waals surface area contributed by atoms with Crippen LogP contribution >= 0.6 is 15.9 Å². The van der Waals surface area contributed by atoms with Gasteiger partial charge in [-0.1, -0.05) is 35.2 Å². The molecular weight excluding hydrogens is 342 g/mol. The minimum atomic E-state index is -3.56. The zero-order chi connectivity index (χ0) is 14.6. The van der Waals surface area contributed by atoms with Gasteiger partial charge >= 0.3 is 0 Å².